The Hall–Kier alpha value is -1.28. The Morgan fingerprint density at radius 3 is 1.29 bits per heavy atom. The van der Waals surface area contributed by atoms with Gasteiger partial charge in [-0.05, 0) is 0 Å². The number of allylic oxidation sites excluding steroid dienone is 4. The van der Waals surface area contributed by atoms with Crippen molar-refractivity contribution in [3.63, 3.8) is 0 Å². The summed E-state index contributed by atoms with van der Waals surface area (Å²) in [7, 11) is 0. The zero-order chi connectivity index (χ0) is 19.6. The second-order valence-corrected chi connectivity index (χ2v) is 8.50. The maximum atomic E-state index is 2.44. The number of hydrogen-bond donors (Lipinski definition) is 0. The van der Waals surface area contributed by atoms with Crippen LogP contribution in [-0.2, 0) is 25.9 Å². The maximum absolute atomic E-state index is 2.44. The Morgan fingerprint density at radius 2 is 1.00 bits per heavy atom. The molecular weight excluding hydrogens is 479 g/mol. The van der Waals surface area contributed by atoms with Gasteiger partial charge < -0.3 is 37.2 Å². The molecule has 0 heterocycles. The minimum atomic E-state index is -0.277. The van der Waals surface area contributed by atoms with E-state index in [1.807, 2.05) is 0 Å². The quantitative estimate of drug-likeness (QED) is 0.275. The Bertz CT molecular complexity index is 913. The Labute approximate surface area is 216 Å². The fourth-order valence-electron chi connectivity index (χ4n) is 4.54. The molecule has 1 aliphatic carbocycles. The standard InChI is InChI=1S/C27H25.3ClH.Ti/c1-21(2)22-18-19-26(20-22)27(23-12-6-3-7-13-23,24-14-8-4-9-15-24)25-16-10-5-11-17-25;;;;/h3-18,21H,19H2,1-2H3;3*1H;/q;;;;+3/p-3. The van der Waals surface area contributed by atoms with Crippen molar-refractivity contribution in [2.45, 2.75) is 25.7 Å². The average Bonchev–Trinajstić information content (AvgIpc) is 3.13. The van der Waals surface area contributed by atoms with E-state index in [0.717, 1.165) is 6.42 Å². The van der Waals surface area contributed by atoms with Crippen LogP contribution in [0, 0.1) is 5.92 Å². The van der Waals surface area contributed by atoms with Crippen molar-refractivity contribution in [2.24, 2.45) is 5.92 Å². The molecule has 0 N–H and O–H groups in total. The van der Waals surface area contributed by atoms with Gasteiger partial charge in [-0.3, -0.25) is 0 Å². The number of halogens is 3. The third kappa shape index (κ3) is 5.05. The van der Waals surface area contributed by atoms with Gasteiger partial charge in [0.1, 0.15) is 0 Å². The molecule has 0 fully saturated rings. The molecule has 0 saturated heterocycles. The van der Waals surface area contributed by atoms with Crippen molar-refractivity contribution in [1.82, 2.24) is 0 Å². The third-order valence-corrected chi connectivity index (χ3v) is 6.73. The summed E-state index contributed by atoms with van der Waals surface area (Å²) in [5.74, 6) is 0.539. The Balaban J connectivity index is 0.00000160. The van der Waals surface area contributed by atoms with Crippen LogP contribution < -0.4 is 37.2 Å². The molecular formula is C27H25Cl3Ti. The molecule has 0 aliphatic heterocycles. The van der Waals surface area contributed by atoms with Crippen molar-refractivity contribution in [3.8, 4) is 0 Å². The summed E-state index contributed by atoms with van der Waals surface area (Å²) >= 11 is 2.32. The predicted molar refractivity (Wildman–Crippen MR) is 114 cm³/mol. The van der Waals surface area contributed by atoms with E-state index in [1.54, 1.807) is 0 Å². The minimum Gasteiger partial charge on any atom is -1.00 e. The van der Waals surface area contributed by atoms with E-state index in [0.29, 0.717) is 5.92 Å². The third-order valence-electron chi connectivity index (χ3n) is 5.81. The van der Waals surface area contributed by atoms with Crippen LogP contribution in [-0.4, -0.2) is 0 Å². The molecule has 3 aromatic carbocycles. The average molecular weight is 504 g/mol. The van der Waals surface area contributed by atoms with Gasteiger partial charge in [-0.15, -0.1) is 0 Å². The fraction of sp³-hybridized carbons (Fsp3) is 0.185. The first-order chi connectivity index (χ1) is 13.7. The van der Waals surface area contributed by atoms with Crippen LogP contribution in [0.15, 0.2) is 112 Å². The first-order valence-electron chi connectivity index (χ1n) is 9.98. The first kappa shape index (κ1) is 27.8. The molecule has 0 nitrogen and oxygen atoms in total. The minimum absolute atomic E-state index is 0. The van der Waals surface area contributed by atoms with Gasteiger partial charge in [-0.2, -0.15) is 0 Å². The molecule has 3 aromatic rings. The predicted octanol–water partition coefficient (Wildman–Crippen LogP) is -2.18. The van der Waals surface area contributed by atoms with Gasteiger partial charge in [-0.25, -0.2) is 0 Å². The van der Waals surface area contributed by atoms with Crippen molar-refractivity contribution >= 4 is 0 Å². The molecule has 0 spiro atoms. The van der Waals surface area contributed by atoms with E-state index in [-0.39, 0.29) is 42.6 Å². The summed E-state index contributed by atoms with van der Waals surface area (Å²) in [6.07, 6.45) is 3.44. The van der Waals surface area contributed by atoms with Crippen LogP contribution in [0.1, 0.15) is 37.0 Å². The van der Waals surface area contributed by atoms with Gasteiger partial charge in [0.15, 0.2) is 0 Å². The molecule has 0 unspecified atom stereocenters. The molecule has 0 radical (unpaired) electrons. The van der Waals surface area contributed by atoms with Crippen LogP contribution in [0.3, 0.4) is 0 Å². The zero-order valence-corrected chi connectivity index (χ0v) is 21.5. The summed E-state index contributed by atoms with van der Waals surface area (Å²) in [6, 6.07) is 33.0. The summed E-state index contributed by atoms with van der Waals surface area (Å²) in [4.78, 5) is 0. The second kappa shape index (κ2) is 12.1. The SMILES string of the molecule is CC(C)C1=CCC(C(c2ccccc2)(c2ccccc2)c2ccccc2)=[C]1[Ti+3].[Cl-].[Cl-].[Cl-]. The van der Waals surface area contributed by atoms with Crippen molar-refractivity contribution < 1.29 is 57.7 Å². The molecule has 0 atom stereocenters. The van der Waals surface area contributed by atoms with Crippen molar-refractivity contribution in [3.05, 3.63) is 129 Å². The Kier molecular flexibility index (Phi) is 10.8. The fourth-order valence-corrected chi connectivity index (χ4v) is 5.60. The van der Waals surface area contributed by atoms with E-state index in [4.69, 9.17) is 0 Å². The first-order valence-corrected chi connectivity index (χ1v) is 10.8. The van der Waals surface area contributed by atoms with E-state index in [1.165, 1.54) is 31.7 Å². The van der Waals surface area contributed by atoms with Gasteiger partial charge in [0.05, 0.1) is 0 Å². The van der Waals surface area contributed by atoms with Gasteiger partial charge in [0, 0.05) is 0 Å². The summed E-state index contributed by atoms with van der Waals surface area (Å²) in [6.45, 7) is 4.60. The molecule has 0 saturated carbocycles. The molecule has 4 heteroatoms. The molecule has 31 heavy (non-hydrogen) atoms. The van der Waals surface area contributed by atoms with E-state index >= 15 is 0 Å². The molecule has 4 rings (SSSR count). The summed E-state index contributed by atoms with van der Waals surface area (Å²) < 4.78 is 1.45. The Morgan fingerprint density at radius 1 is 0.645 bits per heavy atom. The summed E-state index contributed by atoms with van der Waals surface area (Å²) in [5.41, 5.74) is 6.71. The molecule has 158 valence electrons. The van der Waals surface area contributed by atoms with Crippen LogP contribution in [0.25, 0.3) is 0 Å². The van der Waals surface area contributed by atoms with Crippen LogP contribution in [0.4, 0.5) is 0 Å². The van der Waals surface area contributed by atoms with Crippen LogP contribution in [0.5, 0.6) is 0 Å². The van der Waals surface area contributed by atoms with E-state index < -0.39 is 0 Å². The van der Waals surface area contributed by atoms with E-state index in [9.17, 15) is 0 Å². The molecule has 1 aliphatic rings. The monoisotopic (exact) mass is 502 g/mol. The normalized spacial score (nSPS) is 13.1. The zero-order valence-electron chi connectivity index (χ0n) is 17.7. The van der Waals surface area contributed by atoms with Crippen LogP contribution >= 0.6 is 0 Å². The van der Waals surface area contributed by atoms with E-state index in [2.05, 4.69) is 131 Å². The molecule has 0 aromatic heterocycles. The van der Waals surface area contributed by atoms with Gasteiger partial charge in [0.2, 0.25) is 0 Å². The molecule has 0 amide bonds. The van der Waals surface area contributed by atoms with Gasteiger partial charge in [-0.1, -0.05) is 0 Å². The molecule has 0 bridgehead atoms. The second-order valence-electron chi connectivity index (χ2n) is 7.72. The smallest absolute Gasteiger partial charge is 1.00 e. The van der Waals surface area contributed by atoms with Gasteiger partial charge >= 0.3 is 181 Å². The maximum Gasteiger partial charge on any atom is -1.00 e. The largest absolute Gasteiger partial charge is 1.00 e. The van der Waals surface area contributed by atoms with Crippen LogP contribution in [0.2, 0.25) is 0 Å². The van der Waals surface area contributed by atoms with Crippen molar-refractivity contribution in [1.29, 1.82) is 0 Å². The summed E-state index contributed by atoms with van der Waals surface area (Å²) in [5, 5.41) is 0. The number of rotatable bonds is 5. The van der Waals surface area contributed by atoms with Gasteiger partial charge in [0.25, 0.3) is 0 Å². The van der Waals surface area contributed by atoms with Crippen molar-refractivity contribution in [2.75, 3.05) is 0 Å². The number of benzene rings is 3. The number of hydrogen-bond acceptors (Lipinski definition) is 0. The topological polar surface area (TPSA) is 0 Å².